The lowest BCUT2D eigenvalue weighted by atomic mass is 10.0. The van der Waals surface area contributed by atoms with E-state index >= 15 is 0 Å². The summed E-state index contributed by atoms with van der Waals surface area (Å²) >= 11 is 0. The Kier molecular flexibility index (Phi) is 5.14. The normalized spacial score (nSPS) is 15.2. The monoisotopic (exact) mass is 334 g/mol. The molecule has 1 heterocycles. The number of aliphatic hydroxyl groups is 1. The zero-order valence-corrected chi connectivity index (χ0v) is 13.7. The first-order chi connectivity index (χ1) is 11.2. The van der Waals surface area contributed by atoms with Crippen molar-refractivity contribution < 1.29 is 23.8 Å². The van der Waals surface area contributed by atoms with Crippen molar-refractivity contribution in [1.82, 2.24) is 5.32 Å². The van der Waals surface area contributed by atoms with Crippen LogP contribution in [0.3, 0.4) is 0 Å². The average Bonchev–Trinajstić information content (AvgIpc) is 2.84. The van der Waals surface area contributed by atoms with Crippen molar-refractivity contribution in [1.29, 1.82) is 0 Å². The highest BCUT2D eigenvalue weighted by molar-refractivity contribution is 6.06. The van der Waals surface area contributed by atoms with Crippen molar-refractivity contribution in [3.05, 3.63) is 46.2 Å². The summed E-state index contributed by atoms with van der Waals surface area (Å²) in [6, 6.07) is 4.69. The minimum Gasteiger partial charge on any atom is -0.444 e. The second-order valence-corrected chi connectivity index (χ2v) is 6.35. The predicted octanol–water partition coefficient (Wildman–Crippen LogP) is 1.04. The summed E-state index contributed by atoms with van der Waals surface area (Å²) in [5, 5.41) is 13.8. The maximum absolute atomic E-state index is 13.1. The first-order valence-electron chi connectivity index (χ1n) is 7.38. The molecule has 0 aromatic heterocycles. The molecular weight excluding hydrogens is 315 g/mol. The maximum atomic E-state index is 13.1. The largest absolute Gasteiger partial charge is 0.444 e. The van der Waals surface area contributed by atoms with Crippen LogP contribution in [0.15, 0.2) is 35.1 Å². The van der Waals surface area contributed by atoms with Crippen molar-refractivity contribution in [2.24, 2.45) is 4.99 Å². The Morgan fingerprint density at radius 1 is 1.46 bits per heavy atom. The van der Waals surface area contributed by atoms with E-state index in [4.69, 9.17) is 4.74 Å². The second kappa shape index (κ2) is 6.92. The smallest absolute Gasteiger partial charge is 0.407 e. The van der Waals surface area contributed by atoms with E-state index in [1.807, 2.05) is 0 Å². The Labute approximate surface area is 138 Å². The lowest BCUT2D eigenvalue weighted by Gasteiger charge is -2.21. The highest BCUT2D eigenvalue weighted by atomic mass is 19.1. The molecule has 1 aromatic rings. The number of fused-ring (bicyclic) bond motifs is 1. The lowest BCUT2D eigenvalue weighted by molar-refractivity contribution is -0.112. The summed E-state index contributed by atoms with van der Waals surface area (Å²) in [4.78, 5) is 26.6. The summed E-state index contributed by atoms with van der Waals surface area (Å²) in [6.45, 7) is 4.92. The molecule has 2 rings (SSSR count). The van der Waals surface area contributed by atoms with Gasteiger partial charge in [-0.2, -0.15) is 0 Å². The summed E-state index contributed by atoms with van der Waals surface area (Å²) < 4.78 is 18.2. The molecule has 24 heavy (non-hydrogen) atoms. The van der Waals surface area contributed by atoms with Crippen molar-refractivity contribution in [2.45, 2.75) is 32.5 Å². The van der Waals surface area contributed by atoms with Gasteiger partial charge in [0.15, 0.2) is 0 Å². The molecule has 2 N–H and O–H groups in total. The zero-order chi connectivity index (χ0) is 17.9. The third-order valence-corrected chi connectivity index (χ3v) is 3.20. The van der Waals surface area contributed by atoms with Crippen LogP contribution >= 0.6 is 0 Å². The van der Waals surface area contributed by atoms with Gasteiger partial charge in [-0.25, -0.2) is 14.2 Å². The second-order valence-electron chi connectivity index (χ2n) is 6.35. The first-order valence-corrected chi connectivity index (χ1v) is 7.38. The number of nitrogens with zero attached hydrogens (tertiary/aromatic N) is 1. The topological polar surface area (TPSA) is 88.0 Å². The summed E-state index contributed by atoms with van der Waals surface area (Å²) in [5.74, 6) is -0.371. The fraction of sp³-hybridized carbons (Fsp3) is 0.353. The minimum atomic E-state index is -1.26. The standard InChI is InChI=1S/C17H19FN2O4/c1-17(2,3)24-16(23)19-9-12(8-18)15(22)10-4-5-13-11(6-10)7-14(21)20-13/h4-8,15,22H,9H2,1-3H3,(H,19,23)/b12-8-. The van der Waals surface area contributed by atoms with E-state index in [0.717, 1.165) is 0 Å². The van der Waals surface area contributed by atoms with Crippen LogP contribution in [0.25, 0.3) is 6.08 Å². The molecule has 0 radical (unpaired) electrons. The SMILES string of the molecule is CC(C)(C)OC(=O)NC/C(=C/F)C(O)c1ccc2c(c1)=CC(=O)N=2. The number of halogens is 1. The van der Waals surface area contributed by atoms with Crippen LogP contribution in [0, 0.1) is 0 Å². The molecule has 1 atom stereocenters. The van der Waals surface area contributed by atoms with Crippen molar-refractivity contribution in [3.8, 4) is 0 Å². The van der Waals surface area contributed by atoms with Gasteiger partial charge in [0.2, 0.25) is 0 Å². The van der Waals surface area contributed by atoms with Crippen LogP contribution in [0.2, 0.25) is 0 Å². The van der Waals surface area contributed by atoms with Crippen molar-refractivity contribution in [3.63, 3.8) is 0 Å². The molecule has 1 aliphatic rings. The van der Waals surface area contributed by atoms with Crippen LogP contribution in [0.1, 0.15) is 32.4 Å². The highest BCUT2D eigenvalue weighted by Crippen LogP contribution is 2.20. The van der Waals surface area contributed by atoms with Gasteiger partial charge >= 0.3 is 6.09 Å². The van der Waals surface area contributed by atoms with Crippen LogP contribution in [0.4, 0.5) is 9.18 Å². The maximum Gasteiger partial charge on any atom is 0.407 e. The van der Waals surface area contributed by atoms with E-state index in [9.17, 15) is 19.1 Å². The van der Waals surface area contributed by atoms with E-state index in [2.05, 4.69) is 10.3 Å². The number of benzene rings is 1. The Bertz CT molecular complexity index is 809. The van der Waals surface area contributed by atoms with Crippen LogP contribution in [0.5, 0.6) is 0 Å². The molecule has 128 valence electrons. The number of rotatable bonds is 4. The predicted molar refractivity (Wildman–Crippen MR) is 85.1 cm³/mol. The number of nitrogens with one attached hydrogen (secondary N) is 1. The van der Waals surface area contributed by atoms with Crippen molar-refractivity contribution >= 4 is 18.1 Å². The van der Waals surface area contributed by atoms with E-state index in [-0.39, 0.29) is 24.4 Å². The number of hydrogen-bond donors (Lipinski definition) is 2. The number of alkyl carbamates (subject to hydrolysis) is 1. The Morgan fingerprint density at radius 3 is 2.79 bits per heavy atom. The molecule has 1 unspecified atom stereocenters. The van der Waals surface area contributed by atoms with Crippen molar-refractivity contribution in [2.75, 3.05) is 6.54 Å². The molecule has 0 fully saturated rings. The van der Waals surface area contributed by atoms with Gasteiger partial charge in [0.1, 0.15) is 11.7 Å². The molecule has 7 heteroatoms. The van der Waals surface area contributed by atoms with Gasteiger partial charge in [-0.15, -0.1) is 0 Å². The summed E-state index contributed by atoms with van der Waals surface area (Å²) in [5.41, 5.74) is -0.319. The van der Waals surface area contributed by atoms with Gasteiger partial charge in [-0.05, 0) is 38.5 Å². The Balaban J connectivity index is 2.08. The summed E-state index contributed by atoms with van der Waals surface area (Å²) in [6.07, 6.45) is -0.391. The molecule has 0 aliphatic carbocycles. The molecule has 0 spiro atoms. The number of aliphatic hydroxyl groups excluding tert-OH is 1. The van der Waals surface area contributed by atoms with Crippen LogP contribution < -0.4 is 15.9 Å². The number of ether oxygens (including phenoxy) is 1. The molecule has 0 saturated heterocycles. The number of amides is 2. The first kappa shape index (κ1) is 17.8. The average molecular weight is 334 g/mol. The lowest BCUT2D eigenvalue weighted by Crippen LogP contribution is -2.34. The third kappa shape index (κ3) is 4.48. The van der Waals surface area contributed by atoms with Gasteiger partial charge in [0.05, 0.1) is 11.7 Å². The molecule has 6 nitrogen and oxygen atoms in total. The number of carbonyl (C=O) groups excluding carboxylic acids is 2. The van der Waals surface area contributed by atoms with Gasteiger partial charge in [-0.3, -0.25) is 4.79 Å². The minimum absolute atomic E-state index is 0.0397. The Hall–Kier alpha value is -2.54. The molecule has 0 saturated carbocycles. The number of hydrogen-bond acceptors (Lipinski definition) is 4. The van der Waals surface area contributed by atoms with Gasteiger partial charge in [0, 0.05) is 23.4 Å². The van der Waals surface area contributed by atoms with E-state index in [0.29, 0.717) is 16.1 Å². The van der Waals surface area contributed by atoms with Gasteiger partial charge < -0.3 is 15.2 Å². The molecule has 2 amide bonds. The van der Waals surface area contributed by atoms with E-state index in [1.54, 1.807) is 39.0 Å². The van der Waals surface area contributed by atoms with Gasteiger partial charge in [-0.1, -0.05) is 6.07 Å². The quantitative estimate of drug-likeness (QED) is 0.861. The van der Waals surface area contributed by atoms with Gasteiger partial charge in [0.25, 0.3) is 5.91 Å². The molecule has 1 aromatic carbocycles. The molecule has 1 aliphatic heterocycles. The van der Waals surface area contributed by atoms with E-state index < -0.39 is 17.8 Å². The van der Waals surface area contributed by atoms with Crippen LogP contribution in [-0.2, 0) is 9.53 Å². The molecule has 0 bridgehead atoms. The highest BCUT2D eigenvalue weighted by Gasteiger charge is 2.19. The van der Waals surface area contributed by atoms with E-state index in [1.165, 1.54) is 6.08 Å². The van der Waals surface area contributed by atoms with Crippen LogP contribution in [-0.4, -0.2) is 29.3 Å². The summed E-state index contributed by atoms with van der Waals surface area (Å²) in [7, 11) is 0. The number of carbonyl (C=O) groups is 2. The fourth-order valence-electron chi connectivity index (χ4n) is 2.14. The Morgan fingerprint density at radius 2 is 2.17 bits per heavy atom. The fourth-order valence-corrected chi connectivity index (χ4v) is 2.14. The zero-order valence-electron chi connectivity index (χ0n) is 13.7. The third-order valence-electron chi connectivity index (χ3n) is 3.20. The molecular formula is C17H19FN2O4.